The second kappa shape index (κ2) is 15.2. The van der Waals surface area contributed by atoms with Crippen molar-refractivity contribution < 1.29 is 9.59 Å². The van der Waals surface area contributed by atoms with Gasteiger partial charge in [-0.2, -0.15) is 0 Å². The third-order valence-electron chi connectivity index (χ3n) is 7.31. The van der Waals surface area contributed by atoms with Crippen LogP contribution in [0.5, 0.6) is 0 Å². The van der Waals surface area contributed by atoms with E-state index in [0.717, 1.165) is 51.0 Å². The summed E-state index contributed by atoms with van der Waals surface area (Å²) in [6, 6.07) is 8.91. The van der Waals surface area contributed by atoms with Gasteiger partial charge in [0.2, 0.25) is 5.91 Å². The van der Waals surface area contributed by atoms with Crippen LogP contribution in [0.15, 0.2) is 24.3 Å². The van der Waals surface area contributed by atoms with E-state index in [-0.39, 0.29) is 11.8 Å². The first-order valence-corrected chi connectivity index (χ1v) is 13.8. The van der Waals surface area contributed by atoms with Gasteiger partial charge in [0.1, 0.15) is 0 Å². The van der Waals surface area contributed by atoms with Crippen LogP contribution >= 0.6 is 0 Å². The molecule has 0 aliphatic carbocycles. The third-order valence-corrected chi connectivity index (χ3v) is 7.31. The maximum Gasteiger partial charge on any atom is 0.251 e. The Labute approximate surface area is 206 Å². The van der Waals surface area contributed by atoms with E-state index in [2.05, 4.69) is 32.6 Å². The molecule has 190 valence electrons. The van der Waals surface area contributed by atoms with Crippen LogP contribution in [0.3, 0.4) is 0 Å². The Bertz CT molecular complexity index is 736. The second-order valence-electron chi connectivity index (χ2n) is 10.1. The van der Waals surface area contributed by atoms with Crippen molar-refractivity contribution in [3.8, 4) is 0 Å². The van der Waals surface area contributed by atoms with Gasteiger partial charge in [-0.15, -0.1) is 0 Å². The zero-order valence-corrected chi connectivity index (χ0v) is 21.3. The van der Waals surface area contributed by atoms with Crippen molar-refractivity contribution in [2.75, 3.05) is 39.3 Å². The van der Waals surface area contributed by atoms with E-state index in [1.165, 1.54) is 70.1 Å². The summed E-state index contributed by atoms with van der Waals surface area (Å²) < 4.78 is 0. The van der Waals surface area contributed by atoms with Crippen molar-refractivity contribution in [3.63, 3.8) is 0 Å². The minimum atomic E-state index is 0.0450. The maximum absolute atomic E-state index is 12.4. The quantitative estimate of drug-likeness (QED) is 0.353. The van der Waals surface area contributed by atoms with Crippen molar-refractivity contribution in [1.29, 1.82) is 0 Å². The summed E-state index contributed by atoms with van der Waals surface area (Å²) in [5.74, 6) is 0.230. The summed E-state index contributed by atoms with van der Waals surface area (Å²) in [5, 5.41) is 5.93. The summed E-state index contributed by atoms with van der Waals surface area (Å²) in [4.78, 5) is 29.0. The molecule has 2 atom stereocenters. The van der Waals surface area contributed by atoms with Crippen LogP contribution in [0.1, 0.15) is 93.5 Å². The zero-order chi connectivity index (χ0) is 24.0. The fourth-order valence-electron chi connectivity index (χ4n) is 5.21. The number of unbranched alkanes of at least 4 members (excludes halogenated alkanes) is 8. The van der Waals surface area contributed by atoms with E-state index in [1.807, 2.05) is 19.1 Å². The summed E-state index contributed by atoms with van der Waals surface area (Å²) in [6.45, 7) is 9.27. The molecule has 1 aromatic rings. The molecule has 3 rings (SSSR count). The van der Waals surface area contributed by atoms with Crippen molar-refractivity contribution in [3.05, 3.63) is 35.4 Å². The number of nitrogens with one attached hydrogen (secondary N) is 2. The topological polar surface area (TPSA) is 64.7 Å². The average molecular weight is 471 g/mol. The Balaban J connectivity index is 1.17. The zero-order valence-electron chi connectivity index (χ0n) is 21.3. The lowest BCUT2D eigenvalue weighted by Crippen LogP contribution is -2.46. The van der Waals surface area contributed by atoms with Gasteiger partial charge in [0.25, 0.3) is 5.91 Å². The largest absolute Gasteiger partial charge is 0.356 e. The lowest BCUT2D eigenvalue weighted by Gasteiger charge is -2.34. The molecular formula is C28H46N4O2. The molecule has 0 radical (unpaired) electrons. The van der Waals surface area contributed by atoms with Gasteiger partial charge in [-0.1, -0.05) is 57.1 Å². The first-order chi connectivity index (χ1) is 16.7. The molecule has 34 heavy (non-hydrogen) atoms. The van der Waals surface area contributed by atoms with Gasteiger partial charge < -0.3 is 15.5 Å². The number of rotatable bonds is 16. The molecule has 2 heterocycles. The Morgan fingerprint density at radius 3 is 2.24 bits per heavy atom. The van der Waals surface area contributed by atoms with Gasteiger partial charge in [0, 0.05) is 57.3 Å². The highest BCUT2D eigenvalue weighted by Gasteiger charge is 2.32. The molecule has 0 aromatic heterocycles. The fraction of sp³-hybridized carbons (Fsp3) is 0.714. The predicted octanol–water partition coefficient (Wildman–Crippen LogP) is 4.34. The van der Waals surface area contributed by atoms with Gasteiger partial charge in [-0.25, -0.2) is 0 Å². The molecule has 2 bridgehead atoms. The highest BCUT2D eigenvalue weighted by molar-refractivity contribution is 5.94. The molecule has 2 fully saturated rings. The Morgan fingerprint density at radius 2 is 1.53 bits per heavy atom. The molecule has 2 unspecified atom stereocenters. The first kappa shape index (κ1) is 26.7. The van der Waals surface area contributed by atoms with E-state index in [9.17, 15) is 9.59 Å². The van der Waals surface area contributed by atoms with E-state index in [1.54, 1.807) is 0 Å². The number of carbonyl (C=O) groups excluding carboxylic acids is 2. The number of amides is 2. The van der Waals surface area contributed by atoms with Crippen molar-refractivity contribution in [2.24, 2.45) is 0 Å². The van der Waals surface area contributed by atoms with E-state index >= 15 is 0 Å². The summed E-state index contributed by atoms with van der Waals surface area (Å²) >= 11 is 0. The van der Waals surface area contributed by atoms with Gasteiger partial charge in [-0.3, -0.25) is 14.5 Å². The minimum absolute atomic E-state index is 0.0450. The molecule has 2 amide bonds. The fourth-order valence-corrected chi connectivity index (χ4v) is 5.21. The minimum Gasteiger partial charge on any atom is -0.356 e. The van der Waals surface area contributed by atoms with Crippen LogP contribution in [0.4, 0.5) is 0 Å². The highest BCUT2D eigenvalue weighted by Crippen LogP contribution is 2.22. The second-order valence-corrected chi connectivity index (χ2v) is 10.1. The lowest BCUT2D eigenvalue weighted by atomic mass is 10.1. The van der Waals surface area contributed by atoms with E-state index in [4.69, 9.17) is 0 Å². The number of benzene rings is 1. The standard InChI is InChI=1S/C28H46N4O2/c1-2-29-27(33)12-10-8-6-4-3-5-7-9-11-18-30-28(34)25-15-13-24(14-16-25)22-32-21-20-31-19-17-26(32)23-31/h13-16,26H,2-12,17-23H2,1H3,(H,29,33)(H,30,34). The summed E-state index contributed by atoms with van der Waals surface area (Å²) in [5.41, 5.74) is 2.07. The molecule has 2 N–H and O–H groups in total. The highest BCUT2D eigenvalue weighted by atomic mass is 16.2. The first-order valence-electron chi connectivity index (χ1n) is 13.8. The van der Waals surface area contributed by atoms with E-state index in [0.29, 0.717) is 12.5 Å². The number of fused-ring (bicyclic) bond motifs is 2. The van der Waals surface area contributed by atoms with Crippen LogP contribution in [0.25, 0.3) is 0 Å². The monoisotopic (exact) mass is 470 g/mol. The molecule has 6 heteroatoms. The lowest BCUT2D eigenvalue weighted by molar-refractivity contribution is -0.121. The van der Waals surface area contributed by atoms with Gasteiger partial charge in [-0.05, 0) is 50.4 Å². The SMILES string of the molecule is CCNC(=O)CCCCCCCCCCCNC(=O)c1ccc(CN2CCN3CCC2C3)cc1. The number of piperazine rings is 1. The Hall–Kier alpha value is -1.92. The van der Waals surface area contributed by atoms with Crippen LogP contribution in [-0.4, -0.2) is 66.9 Å². The number of nitrogens with zero attached hydrogens (tertiary/aromatic N) is 2. The van der Waals surface area contributed by atoms with Gasteiger partial charge in [0.05, 0.1) is 0 Å². The smallest absolute Gasteiger partial charge is 0.251 e. The average Bonchev–Trinajstić information content (AvgIpc) is 3.24. The molecule has 6 nitrogen and oxygen atoms in total. The molecular weight excluding hydrogens is 424 g/mol. The van der Waals surface area contributed by atoms with Crippen molar-refractivity contribution >= 4 is 11.8 Å². The van der Waals surface area contributed by atoms with Crippen molar-refractivity contribution in [1.82, 2.24) is 20.4 Å². The van der Waals surface area contributed by atoms with Crippen LogP contribution < -0.4 is 10.6 Å². The van der Waals surface area contributed by atoms with Gasteiger partial charge in [0.15, 0.2) is 0 Å². The third kappa shape index (κ3) is 9.38. The molecule has 0 saturated carbocycles. The molecule has 0 spiro atoms. The molecule has 2 saturated heterocycles. The van der Waals surface area contributed by atoms with Crippen LogP contribution in [0, 0.1) is 0 Å². The molecule has 2 aliphatic rings. The van der Waals surface area contributed by atoms with Crippen LogP contribution in [-0.2, 0) is 11.3 Å². The Kier molecular flexibility index (Phi) is 11.9. The maximum atomic E-state index is 12.4. The summed E-state index contributed by atoms with van der Waals surface area (Å²) in [6.07, 6.45) is 12.6. The molecule has 1 aromatic carbocycles. The normalized spacial score (nSPS) is 19.8. The predicted molar refractivity (Wildman–Crippen MR) is 139 cm³/mol. The summed E-state index contributed by atoms with van der Waals surface area (Å²) in [7, 11) is 0. The number of carbonyl (C=O) groups is 2. The molecule has 2 aliphatic heterocycles. The van der Waals surface area contributed by atoms with Gasteiger partial charge >= 0.3 is 0 Å². The van der Waals surface area contributed by atoms with E-state index < -0.39 is 0 Å². The number of hydrogen-bond acceptors (Lipinski definition) is 4. The van der Waals surface area contributed by atoms with Crippen molar-refractivity contribution in [2.45, 2.75) is 90.1 Å². The van der Waals surface area contributed by atoms with Crippen LogP contribution in [0.2, 0.25) is 0 Å². The number of hydrogen-bond donors (Lipinski definition) is 2. The Morgan fingerprint density at radius 1 is 0.853 bits per heavy atom.